The van der Waals surface area contributed by atoms with Crippen LogP contribution in [0.15, 0.2) is 69.9 Å². The van der Waals surface area contributed by atoms with Gasteiger partial charge >= 0.3 is 5.63 Å². The van der Waals surface area contributed by atoms with Crippen LogP contribution < -0.4 is 5.63 Å². The monoisotopic (exact) mass is 370 g/mol. The molecule has 4 nitrogen and oxygen atoms in total. The molecule has 0 saturated carbocycles. The summed E-state index contributed by atoms with van der Waals surface area (Å²) in [5.41, 5.74) is 2.52. The number of rotatable bonds is 3. The topological polar surface area (TPSA) is 38.4 Å². The lowest BCUT2D eigenvalue weighted by Gasteiger charge is -2.22. The van der Waals surface area contributed by atoms with E-state index in [9.17, 15) is 4.79 Å². The highest BCUT2D eigenvalue weighted by molar-refractivity contribution is 6.20. The maximum Gasteiger partial charge on any atom is 0.344 e. The summed E-state index contributed by atoms with van der Waals surface area (Å²) in [5.74, 6) is 0. The van der Waals surface area contributed by atoms with Crippen LogP contribution in [-0.4, -0.2) is 29.6 Å². The average molecular weight is 370 g/mol. The molecule has 0 radical (unpaired) electrons. The molecule has 1 unspecified atom stereocenters. The van der Waals surface area contributed by atoms with Crippen molar-refractivity contribution in [3.63, 3.8) is 0 Å². The van der Waals surface area contributed by atoms with Gasteiger partial charge in [0.25, 0.3) is 0 Å². The Balaban J connectivity index is 2.04. The Bertz CT molecular complexity index is 1410. The van der Waals surface area contributed by atoms with E-state index in [0.29, 0.717) is 17.0 Å². The third kappa shape index (κ3) is 2.38. The maximum absolute atomic E-state index is 12.7. The highest BCUT2D eigenvalue weighted by Crippen LogP contribution is 2.36. The smallest absolute Gasteiger partial charge is 0.344 e. The van der Waals surface area contributed by atoms with E-state index in [1.54, 1.807) is 0 Å². The summed E-state index contributed by atoms with van der Waals surface area (Å²) in [6, 6.07) is 20.6. The molecule has 1 atom stereocenters. The van der Waals surface area contributed by atoms with Gasteiger partial charge in [-0.15, -0.1) is 0 Å². The van der Waals surface area contributed by atoms with Crippen molar-refractivity contribution in [2.75, 3.05) is 14.1 Å². The SMILES string of the molecule is CC(Cn1c2c3ccccc3ccc2c2oc(=O)c3ccccc3c21)N(C)C. The van der Waals surface area contributed by atoms with Gasteiger partial charge in [-0.25, -0.2) is 4.79 Å². The molecule has 2 aromatic heterocycles. The summed E-state index contributed by atoms with van der Waals surface area (Å²) in [6.45, 7) is 3.02. The van der Waals surface area contributed by atoms with Crippen LogP contribution in [0.3, 0.4) is 0 Å². The standard InChI is InChI=1S/C24H22N2O2/c1-15(25(2)3)14-26-21-17-9-5-4-8-16(17)12-13-20(21)23-22(26)18-10-6-7-11-19(18)24(27)28-23/h4-13,15H,14H2,1-3H3. The van der Waals surface area contributed by atoms with Crippen LogP contribution in [0.25, 0.3) is 43.5 Å². The van der Waals surface area contributed by atoms with Crippen molar-refractivity contribution in [3.8, 4) is 0 Å². The van der Waals surface area contributed by atoms with Crippen molar-refractivity contribution >= 4 is 43.5 Å². The van der Waals surface area contributed by atoms with Crippen molar-refractivity contribution in [3.05, 3.63) is 71.1 Å². The number of hydrogen-bond donors (Lipinski definition) is 0. The van der Waals surface area contributed by atoms with Crippen LogP contribution in [0, 0.1) is 0 Å². The zero-order valence-corrected chi connectivity index (χ0v) is 16.3. The Morgan fingerprint density at radius 2 is 1.54 bits per heavy atom. The summed E-state index contributed by atoms with van der Waals surface area (Å²) in [4.78, 5) is 14.9. The fourth-order valence-corrected chi connectivity index (χ4v) is 4.09. The lowest BCUT2D eigenvalue weighted by atomic mass is 10.1. The van der Waals surface area contributed by atoms with Crippen LogP contribution in [0.1, 0.15) is 6.92 Å². The highest BCUT2D eigenvalue weighted by Gasteiger charge is 2.20. The minimum Gasteiger partial charge on any atom is -0.420 e. The Morgan fingerprint density at radius 1 is 0.857 bits per heavy atom. The third-order valence-corrected chi connectivity index (χ3v) is 5.83. The van der Waals surface area contributed by atoms with E-state index >= 15 is 0 Å². The minimum absolute atomic E-state index is 0.282. The number of benzene rings is 3. The second kappa shape index (κ2) is 6.21. The molecule has 0 amide bonds. The van der Waals surface area contributed by atoms with E-state index in [1.807, 2.05) is 24.3 Å². The molecule has 5 aromatic rings. The molecule has 0 aliphatic carbocycles. The Hall–Kier alpha value is -3.11. The van der Waals surface area contributed by atoms with Crippen LogP contribution in [-0.2, 0) is 6.54 Å². The average Bonchev–Trinajstić information content (AvgIpc) is 3.02. The maximum atomic E-state index is 12.7. The fourth-order valence-electron chi connectivity index (χ4n) is 4.09. The Kier molecular flexibility index (Phi) is 3.78. The van der Waals surface area contributed by atoms with Gasteiger partial charge in [-0.05, 0) is 38.5 Å². The molecule has 5 rings (SSSR count). The Morgan fingerprint density at radius 3 is 2.29 bits per heavy atom. The van der Waals surface area contributed by atoms with Gasteiger partial charge in [0.05, 0.1) is 16.4 Å². The molecule has 0 saturated heterocycles. The summed E-state index contributed by atoms with van der Waals surface area (Å²) < 4.78 is 8.21. The van der Waals surface area contributed by atoms with Gasteiger partial charge in [-0.3, -0.25) is 0 Å². The van der Waals surface area contributed by atoms with Gasteiger partial charge in [-0.1, -0.05) is 48.5 Å². The quantitative estimate of drug-likeness (QED) is 0.448. The van der Waals surface area contributed by atoms with E-state index < -0.39 is 0 Å². The van der Waals surface area contributed by atoms with Gasteiger partial charge in [0.2, 0.25) is 0 Å². The molecule has 2 heterocycles. The number of hydrogen-bond acceptors (Lipinski definition) is 3. The molecule has 0 fully saturated rings. The van der Waals surface area contributed by atoms with Crippen molar-refractivity contribution < 1.29 is 4.42 Å². The summed E-state index contributed by atoms with van der Waals surface area (Å²) >= 11 is 0. The fraction of sp³-hybridized carbons (Fsp3) is 0.208. The normalized spacial score (nSPS) is 13.3. The molecular weight excluding hydrogens is 348 g/mol. The number of likely N-dealkylation sites (N-methyl/N-ethyl adjacent to an activating group) is 1. The van der Waals surface area contributed by atoms with Gasteiger partial charge < -0.3 is 13.9 Å². The van der Waals surface area contributed by atoms with Crippen LogP contribution in [0.2, 0.25) is 0 Å². The predicted octanol–water partition coefficient (Wildman–Crippen LogP) is 5.00. The zero-order valence-electron chi connectivity index (χ0n) is 16.3. The first-order chi connectivity index (χ1) is 13.6. The Labute approximate surface area is 162 Å². The summed E-state index contributed by atoms with van der Waals surface area (Å²) in [6.07, 6.45) is 0. The zero-order chi connectivity index (χ0) is 19.4. The first-order valence-electron chi connectivity index (χ1n) is 9.58. The molecule has 4 heteroatoms. The molecular formula is C24H22N2O2. The van der Waals surface area contributed by atoms with E-state index in [1.165, 1.54) is 10.8 Å². The molecule has 0 N–H and O–H groups in total. The van der Waals surface area contributed by atoms with E-state index in [-0.39, 0.29) is 5.63 Å². The van der Waals surface area contributed by atoms with Gasteiger partial charge in [0.1, 0.15) is 0 Å². The molecule has 28 heavy (non-hydrogen) atoms. The molecule has 140 valence electrons. The second-order valence-electron chi connectivity index (χ2n) is 7.72. The van der Waals surface area contributed by atoms with Crippen molar-refractivity contribution in [1.82, 2.24) is 9.47 Å². The minimum atomic E-state index is -0.282. The molecule has 0 aliphatic rings. The molecule has 0 bridgehead atoms. The first kappa shape index (κ1) is 17.0. The number of fused-ring (bicyclic) bond motifs is 7. The van der Waals surface area contributed by atoms with E-state index in [0.717, 1.165) is 28.4 Å². The highest BCUT2D eigenvalue weighted by atomic mass is 16.4. The van der Waals surface area contributed by atoms with E-state index in [4.69, 9.17) is 4.42 Å². The predicted molar refractivity (Wildman–Crippen MR) is 116 cm³/mol. The van der Waals surface area contributed by atoms with Gasteiger partial charge in [0, 0.05) is 28.7 Å². The van der Waals surface area contributed by atoms with Crippen LogP contribution in [0.4, 0.5) is 0 Å². The third-order valence-electron chi connectivity index (χ3n) is 5.83. The van der Waals surface area contributed by atoms with E-state index in [2.05, 4.69) is 66.9 Å². The van der Waals surface area contributed by atoms with Gasteiger partial charge in [-0.2, -0.15) is 0 Å². The van der Waals surface area contributed by atoms with Crippen molar-refractivity contribution in [2.24, 2.45) is 0 Å². The summed E-state index contributed by atoms with van der Waals surface area (Å²) in [7, 11) is 4.18. The lowest BCUT2D eigenvalue weighted by Crippen LogP contribution is -2.29. The van der Waals surface area contributed by atoms with Gasteiger partial charge in [0.15, 0.2) is 5.58 Å². The number of nitrogens with zero attached hydrogens (tertiary/aromatic N) is 2. The number of aromatic nitrogens is 1. The van der Waals surface area contributed by atoms with Crippen molar-refractivity contribution in [1.29, 1.82) is 0 Å². The van der Waals surface area contributed by atoms with Crippen LogP contribution >= 0.6 is 0 Å². The lowest BCUT2D eigenvalue weighted by molar-refractivity contribution is 0.288. The van der Waals surface area contributed by atoms with Crippen LogP contribution in [0.5, 0.6) is 0 Å². The summed E-state index contributed by atoms with van der Waals surface area (Å²) in [5, 5.41) is 4.92. The molecule has 0 aliphatic heterocycles. The second-order valence-corrected chi connectivity index (χ2v) is 7.72. The molecule has 0 spiro atoms. The molecule has 3 aromatic carbocycles. The first-order valence-corrected chi connectivity index (χ1v) is 9.58. The van der Waals surface area contributed by atoms with Crippen molar-refractivity contribution in [2.45, 2.75) is 19.5 Å². The largest absolute Gasteiger partial charge is 0.420 e.